The Morgan fingerprint density at radius 1 is 1.08 bits per heavy atom. The Labute approximate surface area is 217 Å². The van der Waals surface area contributed by atoms with Crippen molar-refractivity contribution in [1.29, 1.82) is 0 Å². The highest BCUT2D eigenvalue weighted by Gasteiger charge is 2.46. The van der Waals surface area contributed by atoms with Crippen LogP contribution >= 0.6 is 11.6 Å². The molecule has 1 unspecified atom stereocenters. The Balaban J connectivity index is 1.26. The van der Waals surface area contributed by atoms with Crippen LogP contribution in [-0.4, -0.2) is 40.6 Å². The van der Waals surface area contributed by atoms with Gasteiger partial charge in [-0.1, -0.05) is 29.8 Å². The summed E-state index contributed by atoms with van der Waals surface area (Å²) in [6.45, 7) is 1.88. The van der Waals surface area contributed by atoms with Gasteiger partial charge in [-0.25, -0.2) is 4.79 Å². The first-order valence-electron chi connectivity index (χ1n) is 11.8. The molecule has 3 aliphatic rings. The summed E-state index contributed by atoms with van der Waals surface area (Å²) in [6, 6.07) is 11.1. The predicted octanol–water partition coefficient (Wildman–Crippen LogP) is 2.93. The number of nitrogens with zero attached hydrogens (tertiary/aromatic N) is 1. The molecule has 1 saturated carbocycles. The average Bonchev–Trinajstić information content (AvgIpc) is 3.57. The lowest BCUT2D eigenvalue weighted by Gasteiger charge is -2.28. The lowest BCUT2D eigenvalue weighted by molar-refractivity contribution is -0.149. The number of amides is 6. The highest BCUT2D eigenvalue weighted by Crippen LogP contribution is 2.46. The van der Waals surface area contributed by atoms with Crippen molar-refractivity contribution in [3.8, 4) is 0 Å². The van der Waals surface area contributed by atoms with Gasteiger partial charge in [0.25, 0.3) is 11.8 Å². The quantitative estimate of drug-likeness (QED) is 0.431. The molecule has 2 heterocycles. The van der Waals surface area contributed by atoms with Gasteiger partial charge in [0.1, 0.15) is 11.7 Å². The van der Waals surface area contributed by atoms with Gasteiger partial charge in [-0.15, -0.1) is 0 Å². The number of halogens is 1. The van der Waals surface area contributed by atoms with Crippen LogP contribution in [0.2, 0.25) is 5.02 Å². The average molecular weight is 522 g/mol. The topological polar surface area (TPSA) is 137 Å². The third-order valence-electron chi connectivity index (χ3n) is 6.70. The van der Waals surface area contributed by atoms with Gasteiger partial charge in [-0.3, -0.25) is 29.4 Å². The van der Waals surface area contributed by atoms with Crippen LogP contribution in [0.25, 0.3) is 0 Å². The number of hydrogen-bond acceptors (Lipinski definition) is 6. The number of carbonyl (C=O) groups is 5. The minimum Gasteiger partial charge on any atom is -0.351 e. The van der Waals surface area contributed by atoms with Crippen molar-refractivity contribution >= 4 is 52.6 Å². The minimum atomic E-state index is -1.03. The van der Waals surface area contributed by atoms with Crippen molar-refractivity contribution < 1.29 is 24.0 Å². The van der Waals surface area contributed by atoms with Gasteiger partial charge in [0.15, 0.2) is 0 Å². The molecule has 0 spiro atoms. The van der Waals surface area contributed by atoms with E-state index >= 15 is 0 Å². The molecule has 1 aliphatic carbocycles. The second-order valence-corrected chi connectivity index (χ2v) is 9.78. The first-order chi connectivity index (χ1) is 17.6. The van der Waals surface area contributed by atoms with Crippen LogP contribution in [0.1, 0.15) is 36.8 Å². The Morgan fingerprint density at radius 3 is 2.57 bits per heavy atom. The number of rotatable bonds is 6. The number of aryl methyl sites for hydroxylation is 1. The molecule has 1 saturated heterocycles. The van der Waals surface area contributed by atoms with E-state index in [4.69, 9.17) is 11.6 Å². The van der Waals surface area contributed by atoms with Crippen molar-refractivity contribution in [2.24, 2.45) is 0 Å². The largest absolute Gasteiger partial charge is 0.351 e. The monoisotopic (exact) mass is 521 g/mol. The molecule has 4 N–H and O–H groups in total. The van der Waals surface area contributed by atoms with E-state index < -0.39 is 35.2 Å². The number of benzene rings is 2. The summed E-state index contributed by atoms with van der Waals surface area (Å²) in [5.74, 6) is -2.35. The number of piperidine rings is 1. The van der Waals surface area contributed by atoms with Gasteiger partial charge in [-0.2, -0.15) is 0 Å². The smallest absolute Gasteiger partial charge is 0.319 e. The van der Waals surface area contributed by atoms with Crippen molar-refractivity contribution in [3.05, 3.63) is 70.4 Å². The molecule has 11 heteroatoms. The van der Waals surface area contributed by atoms with Gasteiger partial charge >= 0.3 is 6.03 Å². The number of urea groups is 1. The fourth-order valence-electron chi connectivity index (χ4n) is 4.51. The number of carbonyl (C=O) groups excluding carboxylic acids is 5. The second kappa shape index (κ2) is 9.36. The zero-order valence-corrected chi connectivity index (χ0v) is 20.6. The highest BCUT2D eigenvalue weighted by molar-refractivity contribution is 6.31. The molecule has 0 bridgehead atoms. The Kier molecular flexibility index (Phi) is 6.20. The molecule has 0 aromatic heterocycles. The number of imide groups is 2. The maximum atomic E-state index is 12.9. The molecule has 2 aromatic rings. The van der Waals surface area contributed by atoms with E-state index in [-0.39, 0.29) is 24.6 Å². The highest BCUT2D eigenvalue weighted by atomic mass is 35.5. The summed E-state index contributed by atoms with van der Waals surface area (Å²) in [6.07, 6.45) is 2.76. The SMILES string of the molecule is Cc1ccc(NC(=O)NC2(c3cccc(NC4=CC(=O)N(C5CCC(=O)NC5=O)C4=O)c3)CC2)cc1Cl. The normalized spacial score (nSPS) is 20.3. The van der Waals surface area contributed by atoms with E-state index in [1.165, 1.54) is 0 Å². The maximum absolute atomic E-state index is 12.9. The van der Waals surface area contributed by atoms with Crippen molar-refractivity contribution in [2.45, 2.75) is 44.2 Å². The van der Waals surface area contributed by atoms with E-state index in [1.807, 2.05) is 25.1 Å². The van der Waals surface area contributed by atoms with Gasteiger partial charge in [0.05, 0.1) is 5.54 Å². The molecule has 2 aliphatic heterocycles. The second-order valence-electron chi connectivity index (χ2n) is 9.37. The minimum absolute atomic E-state index is 0.0265. The molecule has 10 nitrogen and oxygen atoms in total. The molecular weight excluding hydrogens is 498 g/mol. The standard InChI is InChI=1S/C26H24ClN5O5/c1-14-5-6-17(12-18(14)27)29-25(37)31-26(9-10-26)15-3-2-4-16(11-15)28-19-13-22(34)32(24(19)36)20-7-8-21(33)30-23(20)35/h2-6,11-13,20,28H,7-10H2,1H3,(H2,29,31,37)(H,30,33,35). The Bertz CT molecular complexity index is 1380. The summed E-state index contributed by atoms with van der Waals surface area (Å²) < 4.78 is 0. The molecule has 6 amide bonds. The zero-order valence-electron chi connectivity index (χ0n) is 19.9. The van der Waals surface area contributed by atoms with Gasteiger partial charge in [0, 0.05) is 28.9 Å². The van der Waals surface area contributed by atoms with E-state index in [0.717, 1.165) is 34.9 Å². The summed E-state index contributed by atoms with van der Waals surface area (Å²) in [5, 5.41) is 11.5. The summed E-state index contributed by atoms with van der Waals surface area (Å²) >= 11 is 6.15. The van der Waals surface area contributed by atoms with Crippen molar-refractivity contribution in [2.75, 3.05) is 10.6 Å². The number of nitrogens with one attached hydrogen (secondary N) is 4. The third kappa shape index (κ3) is 4.92. The molecule has 1 atom stereocenters. The van der Waals surface area contributed by atoms with Crippen LogP contribution in [0.3, 0.4) is 0 Å². The molecule has 190 valence electrons. The van der Waals surface area contributed by atoms with E-state index in [0.29, 0.717) is 16.4 Å². The van der Waals surface area contributed by atoms with Crippen LogP contribution in [0.15, 0.2) is 54.2 Å². The lowest BCUT2D eigenvalue weighted by atomic mass is 10.0. The van der Waals surface area contributed by atoms with Crippen LogP contribution in [0, 0.1) is 6.92 Å². The predicted molar refractivity (Wildman–Crippen MR) is 135 cm³/mol. The molecule has 37 heavy (non-hydrogen) atoms. The van der Waals surface area contributed by atoms with Crippen LogP contribution in [0.5, 0.6) is 0 Å². The summed E-state index contributed by atoms with van der Waals surface area (Å²) in [4.78, 5) is 62.6. The van der Waals surface area contributed by atoms with Gasteiger partial charge in [0.2, 0.25) is 11.8 Å². The fourth-order valence-corrected chi connectivity index (χ4v) is 4.69. The van der Waals surface area contributed by atoms with Crippen molar-refractivity contribution in [3.63, 3.8) is 0 Å². The lowest BCUT2D eigenvalue weighted by Crippen LogP contribution is -2.54. The summed E-state index contributed by atoms with van der Waals surface area (Å²) in [7, 11) is 0. The number of anilines is 2. The van der Waals surface area contributed by atoms with Crippen LogP contribution < -0.4 is 21.3 Å². The summed E-state index contributed by atoms with van der Waals surface area (Å²) in [5.41, 5.74) is 2.35. The van der Waals surface area contributed by atoms with E-state index in [9.17, 15) is 24.0 Å². The molecule has 2 fully saturated rings. The Hall–Kier alpha value is -4.18. The molecule has 2 aromatic carbocycles. The fraction of sp³-hybridized carbons (Fsp3) is 0.269. The van der Waals surface area contributed by atoms with Gasteiger partial charge in [-0.05, 0) is 61.6 Å². The van der Waals surface area contributed by atoms with E-state index in [1.54, 1.807) is 24.3 Å². The molecule has 5 rings (SSSR count). The first kappa shape index (κ1) is 24.5. The van der Waals surface area contributed by atoms with Crippen LogP contribution in [0.4, 0.5) is 16.2 Å². The zero-order chi connectivity index (χ0) is 26.3. The maximum Gasteiger partial charge on any atom is 0.319 e. The Morgan fingerprint density at radius 2 is 1.86 bits per heavy atom. The van der Waals surface area contributed by atoms with E-state index in [2.05, 4.69) is 21.3 Å². The van der Waals surface area contributed by atoms with Gasteiger partial charge < -0.3 is 16.0 Å². The third-order valence-corrected chi connectivity index (χ3v) is 7.11. The molecular formula is C26H24ClN5O5. The number of hydrogen-bond donors (Lipinski definition) is 4. The van der Waals surface area contributed by atoms with Crippen LogP contribution in [-0.2, 0) is 24.7 Å². The first-order valence-corrected chi connectivity index (χ1v) is 12.2. The van der Waals surface area contributed by atoms with Crippen molar-refractivity contribution in [1.82, 2.24) is 15.5 Å². The molecule has 0 radical (unpaired) electrons.